The maximum Gasteiger partial charge on any atom is 0.326 e. The molecule has 1 aliphatic heterocycles. The number of likely N-dealkylation sites (tertiary alicyclic amines) is 1. The Morgan fingerprint density at radius 2 is 1.77 bits per heavy atom. The number of ether oxygens (including phenoxy) is 1. The normalized spacial score (nSPS) is 21.5. The molecule has 1 aromatic rings. The molecule has 8 nitrogen and oxygen atoms in total. The van der Waals surface area contributed by atoms with Crippen LogP contribution in [0.5, 0.6) is 0 Å². The lowest BCUT2D eigenvalue weighted by molar-refractivity contribution is -0.158. The molecule has 30 heavy (non-hydrogen) atoms. The summed E-state index contributed by atoms with van der Waals surface area (Å²) in [6.07, 6.45) is 2.15. The molecule has 0 aromatic heterocycles. The molecule has 1 aliphatic carbocycles. The van der Waals surface area contributed by atoms with Crippen LogP contribution in [0.3, 0.4) is 0 Å². The fraction of sp³-hybridized carbons (Fsp3) is 0.500. The molecule has 0 N–H and O–H groups in total. The minimum atomic E-state index is -1.12. The van der Waals surface area contributed by atoms with Crippen LogP contribution in [0.4, 0.5) is 5.69 Å². The van der Waals surface area contributed by atoms with E-state index < -0.39 is 24.5 Å². The maximum atomic E-state index is 12.8. The molecule has 0 spiro atoms. The van der Waals surface area contributed by atoms with Crippen molar-refractivity contribution in [1.82, 2.24) is 4.90 Å². The predicted molar refractivity (Wildman–Crippen MR) is 107 cm³/mol. The zero-order valence-corrected chi connectivity index (χ0v) is 17.0. The predicted octanol–water partition coefficient (Wildman–Crippen LogP) is 2.04. The van der Waals surface area contributed by atoms with Crippen molar-refractivity contribution in [2.45, 2.75) is 45.1 Å². The molecular formula is C22H25N3O5. The largest absolute Gasteiger partial charge is 0.451 e. The number of para-hydroxylation sites is 1. The van der Waals surface area contributed by atoms with E-state index in [-0.39, 0.29) is 36.6 Å². The Balaban J connectivity index is 1.62. The summed E-state index contributed by atoms with van der Waals surface area (Å²) < 4.78 is 5.25. The van der Waals surface area contributed by atoms with Crippen molar-refractivity contribution in [3.8, 4) is 6.07 Å². The van der Waals surface area contributed by atoms with Crippen molar-refractivity contribution in [2.24, 2.45) is 11.8 Å². The van der Waals surface area contributed by atoms with E-state index in [1.165, 1.54) is 11.8 Å². The van der Waals surface area contributed by atoms with E-state index >= 15 is 0 Å². The number of carbonyl (C=O) groups excluding carboxylic acids is 4. The number of nitriles is 1. The first-order valence-electron chi connectivity index (χ1n) is 10.2. The summed E-state index contributed by atoms with van der Waals surface area (Å²) >= 11 is 0. The summed E-state index contributed by atoms with van der Waals surface area (Å²) in [5.74, 6) is -2.58. The molecule has 3 rings (SSSR count). The molecule has 2 fully saturated rings. The van der Waals surface area contributed by atoms with Gasteiger partial charge in [0.05, 0.1) is 24.3 Å². The van der Waals surface area contributed by atoms with Gasteiger partial charge in [0, 0.05) is 12.2 Å². The van der Waals surface area contributed by atoms with E-state index in [1.807, 2.05) is 12.1 Å². The van der Waals surface area contributed by atoms with Crippen molar-refractivity contribution < 1.29 is 23.9 Å². The van der Waals surface area contributed by atoms with Crippen LogP contribution in [-0.4, -0.2) is 47.8 Å². The number of benzene rings is 1. The lowest BCUT2D eigenvalue weighted by Crippen LogP contribution is -2.43. The van der Waals surface area contributed by atoms with Gasteiger partial charge in [-0.2, -0.15) is 5.26 Å². The molecule has 3 atom stereocenters. The van der Waals surface area contributed by atoms with Crippen LogP contribution < -0.4 is 4.90 Å². The third-order valence-corrected chi connectivity index (χ3v) is 5.66. The van der Waals surface area contributed by atoms with Crippen molar-refractivity contribution in [3.63, 3.8) is 0 Å². The number of hydrogen-bond acceptors (Lipinski definition) is 6. The quantitative estimate of drug-likeness (QED) is 0.502. The average Bonchev–Trinajstić information content (AvgIpc) is 2.99. The summed E-state index contributed by atoms with van der Waals surface area (Å²) in [5.41, 5.74) is 0.592. The fourth-order valence-electron chi connectivity index (χ4n) is 4.16. The first kappa shape index (κ1) is 21.5. The Bertz CT molecular complexity index is 839. The summed E-state index contributed by atoms with van der Waals surface area (Å²) in [7, 11) is 0. The van der Waals surface area contributed by atoms with Gasteiger partial charge in [-0.1, -0.05) is 31.0 Å². The zero-order chi connectivity index (χ0) is 21.7. The van der Waals surface area contributed by atoms with E-state index in [9.17, 15) is 19.2 Å². The topological polar surface area (TPSA) is 108 Å². The molecule has 1 aromatic carbocycles. The van der Waals surface area contributed by atoms with Gasteiger partial charge in [0.15, 0.2) is 6.10 Å². The van der Waals surface area contributed by atoms with Gasteiger partial charge in [0.2, 0.25) is 11.8 Å². The SMILES string of the molecule is CC(OC(=O)CN1C(=O)C2CCCCC2C1=O)C(=O)N(CCC#N)c1ccccc1. The van der Waals surface area contributed by atoms with E-state index in [4.69, 9.17) is 10.00 Å². The van der Waals surface area contributed by atoms with Crippen molar-refractivity contribution in [2.75, 3.05) is 18.0 Å². The Morgan fingerprint density at radius 1 is 1.17 bits per heavy atom. The maximum absolute atomic E-state index is 12.8. The molecule has 8 heteroatoms. The number of anilines is 1. The molecule has 2 aliphatic rings. The lowest BCUT2D eigenvalue weighted by atomic mass is 9.81. The molecule has 0 bridgehead atoms. The van der Waals surface area contributed by atoms with Crippen LogP contribution >= 0.6 is 0 Å². The van der Waals surface area contributed by atoms with E-state index in [2.05, 4.69) is 0 Å². The summed E-state index contributed by atoms with van der Waals surface area (Å²) in [5, 5.41) is 8.88. The number of hydrogen-bond donors (Lipinski definition) is 0. The molecule has 3 unspecified atom stereocenters. The molecule has 1 saturated carbocycles. The second kappa shape index (κ2) is 9.53. The number of esters is 1. The van der Waals surface area contributed by atoms with Crippen molar-refractivity contribution in [1.29, 1.82) is 5.26 Å². The van der Waals surface area contributed by atoms with Crippen LogP contribution in [-0.2, 0) is 23.9 Å². The Morgan fingerprint density at radius 3 is 2.33 bits per heavy atom. The number of rotatable bonds is 7. The number of amides is 3. The second-order valence-electron chi connectivity index (χ2n) is 7.63. The van der Waals surface area contributed by atoms with E-state index in [1.54, 1.807) is 24.3 Å². The van der Waals surface area contributed by atoms with Gasteiger partial charge >= 0.3 is 5.97 Å². The molecule has 1 saturated heterocycles. The van der Waals surface area contributed by atoms with E-state index in [0.717, 1.165) is 17.7 Å². The van der Waals surface area contributed by atoms with Gasteiger partial charge in [-0.15, -0.1) is 0 Å². The minimum Gasteiger partial charge on any atom is -0.451 e. The highest BCUT2D eigenvalue weighted by Crippen LogP contribution is 2.37. The molecule has 3 amide bonds. The first-order chi connectivity index (χ1) is 14.4. The van der Waals surface area contributed by atoms with Crippen LogP contribution in [0.1, 0.15) is 39.0 Å². The van der Waals surface area contributed by atoms with Crippen LogP contribution in [0.25, 0.3) is 0 Å². The highest BCUT2D eigenvalue weighted by molar-refractivity contribution is 6.07. The molecule has 0 radical (unpaired) electrons. The molecular weight excluding hydrogens is 386 g/mol. The third-order valence-electron chi connectivity index (χ3n) is 5.66. The summed E-state index contributed by atoms with van der Waals surface area (Å²) in [6, 6.07) is 10.8. The van der Waals surface area contributed by atoms with Crippen molar-refractivity contribution in [3.05, 3.63) is 30.3 Å². The van der Waals surface area contributed by atoms with Crippen LogP contribution in [0, 0.1) is 23.2 Å². The minimum absolute atomic E-state index is 0.126. The van der Waals surface area contributed by atoms with E-state index in [0.29, 0.717) is 18.5 Å². The Hall–Kier alpha value is -3.21. The van der Waals surface area contributed by atoms with Crippen LogP contribution in [0.15, 0.2) is 30.3 Å². The number of imide groups is 1. The highest BCUT2D eigenvalue weighted by atomic mass is 16.5. The Kier molecular flexibility index (Phi) is 6.83. The van der Waals surface area contributed by atoms with Gasteiger partial charge in [-0.05, 0) is 31.9 Å². The van der Waals surface area contributed by atoms with Gasteiger partial charge < -0.3 is 9.64 Å². The number of fused-ring (bicyclic) bond motifs is 1. The third kappa shape index (κ3) is 4.51. The summed E-state index contributed by atoms with van der Waals surface area (Å²) in [6.45, 7) is 1.12. The molecule has 158 valence electrons. The smallest absolute Gasteiger partial charge is 0.326 e. The van der Waals surface area contributed by atoms with Gasteiger partial charge in [-0.25, -0.2) is 0 Å². The standard InChI is InChI=1S/C22H25N3O5/c1-15(20(27)24(13-7-12-23)16-8-3-2-4-9-16)30-19(26)14-25-21(28)17-10-5-6-11-18(17)22(25)29/h2-4,8-9,15,17-18H,5-7,10-11,13-14H2,1H3. The van der Waals surface area contributed by atoms with Crippen molar-refractivity contribution >= 4 is 29.4 Å². The zero-order valence-electron chi connectivity index (χ0n) is 17.0. The van der Waals surface area contributed by atoms with Gasteiger partial charge in [0.25, 0.3) is 5.91 Å². The van der Waals surface area contributed by atoms with Gasteiger partial charge in [0.1, 0.15) is 6.54 Å². The second-order valence-corrected chi connectivity index (χ2v) is 7.63. The highest BCUT2D eigenvalue weighted by Gasteiger charge is 2.48. The molecule has 1 heterocycles. The van der Waals surface area contributed by atoms with Crippen LogP contribution in [0.2, 0.25) is 0 Å². The lowest BCUT2D eigenvalue weighted by Gasteiger charge is -2.25. The monoisotopic (exact) mass is 411 g/mol. The number of nitrogens with zero attached hydrogens (tertiary/aromatic N) is 3. The van der Waals surface area contributed by atoms with Gasteiger partial charge in [-0.3, -0.25) is 24.1 Å². The fourth-order valence-corrected chi connectivity index (χ4v) is 4.16. The first-order valence-corrected chi connectivity index (χ1v) is 10.2. The Labute approximate surface area is 175 Å². The average molecular weight is 411 g/mol. The summed E-state index contributed by atoms with van der Waals surface area (Å²) in [4.78, 5) is 52.6. The number of carbonyl (C=O) groups is 4.